The first-order valence-corrected chi connectivity index (χ1v) is 8.67. The van der Waals surface area contributed by atoms with Gasteiger partial charge in [-0.15, -0.1) is 0 Å². The molecule has 0 spiro atoms. The Morgan fingerprint density at radius 3 is 2.75 bits per heavy atom. The Hall–Kier alpha value is -2.21. The van der Waals surface area contributed by atoms with Gasteiger partial charge in [-0.25, -0.2) is 0 Å². The van der Waals surface area contributed by atoms with Crippen LogP contribution in [0.15, 0.2) is 36.7 Å². The highest BCUT2D eigenvalue weighted by Crippen LogP contribution is 2.19. The monoisotopic (exact) mass is 327 g/mol. The normalized spacial score (nSPS) is 16.2. The van der Waals surface area contributed by atoms with Gasteiger partial charge in [-0.05, 0) is 51.1 Å². The molecule has 0 saturated carbocycles. The van der Waals surface area contributed by atoms with E-state index in [2.05, 4.69) is 33.3 Å². The molecule has 1 aliphatic rings. The highest BCUT2D eigenvalue weighted by atomic mass is 16.1. The molecule has 1 saturated heterocycles. The fraction of sp³-hybridized carbons (Fsp3) is 0.500. The number of pyridine rings is 1. The van der Waals surface area contributed by atoms with Gasteiger partial charge in [0.15, 0.2) is 0 Å². The van der Waals surface area contributed by atoms with Crippen LogP contribution in [0.1, 0.15) is 31.2 Å². The van der Waals surface area contributed by atoms with Crippen LogP contribution in [-0.2, 0) is 24.4 Å². The molecule has 1 N–H and O–H groups in total. The summed E-state index contributed by atoms with van der Waals surface area (Å²) < 4.78 is 1.95. The Morgan fingerprint density at radius 2 is 2.08 bits per heavy atom. The molecule has 0 unspecified atom stereocenters. The van der Waals surface area contributed by atoms with Gasteiger partial charge in [-0.1, -0.05) is 6.07 Å². The summed E-state index contributed by atoms with van der Waals surface area (Å²) in [6, 6.07) is 7.82. The predicted octanol–water partition coefficient (Wildman–Crippen LogP) is 1.83. The Kier molecular flexibility index (Phi) is 5.59. The lowest BCUT2D eigenvalue weighted by Gasteiger charge is -2.30. The third-order valence-corrected chi connectivity index (χ3v) is 4.53. The molecule has 24 heavy (non-hydrogen) atoms. The van der Waals surface area contributed by atoms with E-state index in [1.807, 2.05) is 29.1 Å². The van der Waals surface area contributed by atoms with Crippen molar-refractivity contribution in [2.45, 2.75) is 39.4 Å². The third kappa shape index (κ3) is 4.41. The minimum atomic E-state index is 0.109. The van der Waals surface area contributed by atoms with Crippen molar-refractivity contribution in [3.05, 3.63) is 48.0 Å². The van der Waals surface area contributed by atoms with Crippen LogP contribution in [0.2, 0.25) is 0 Å². The van der Waals surface area contributed by atoms with Crippen LogP contribution in [0.5, 0.6) is 0 Å². The minimum absolute atomic E-state index is 0.109. The van der Waals surface area contributed by atoms with E-state index in [4.69, 9.17) is 0 Å². The molecule has 1 amide bonds. The lowest BCUT2D eigenvalue weighted by molar-refractivity contribution is -0.126. The predicted molar refractivity (Wildman–Crippen MR) is 92.0 cm³/mol. The molecule has 2 aromatic rings. The van der Waals surface area contributed by atoms with Crippen molar-refractivity contribution in [2.24, 2.45) is 5.92 Å². The highest BCUT2D eigenvalue weighted by Gasteiger charge is 2.25. The summed E-state index contributed by atoms with van der Waals surface area (Å²) in [7, 11) is 0. The van der Waals surface area contributed by atoms with E-state index in [1.54, 1.807) is 6.20 Å². The van der Waals surface area contributed by atoms with Crippen molar-refractivity contribution < 1.29 is 4.79 Å². The van der Waals surface area contributed by atoms with E-state index >= 15 is 0 Å². The second-order valence-electron chi connectivity index (χ2n) is 6.25. The molecule has 2 aromatic heterocycles. The summed E-state index contributed by atoms with van der Waals surface area (Å²) in [5.74, 6) is 0.258. The average molecular weight is 327 g/mol. The Labute approximate surface area is 142 Å². The van der Waals surface area contributed by atoms with Crippen LogP contribution in [0, 0.1) is 5.92 Å². The summed E-state index contributed by atoms with van der Waals surface area (Å²) in [5.41, 5.74) is 2.00. The first kappa shape index (κ1) is 16.6. The van der Waals surface area contributed by atoms with Gasteiger partial charge in [0.2, 0.25) is 5.91 Å². The number of nitrogens with zero attached hydrogens (tertiary/aromatic N) is 4. The molecule has 6 nitrogen and oxygen atoms in total. The van der Waals surface area contributed by atoms with E-state index in [0.29, 0.717) is 6.54 Å². The number of hydrogen-bond donors (Lipinski definition) is 1. The fourth-order valence-corrected chi connectivity index (χ4v) is 3.07. The first-order valence-electron chi connectivity index (χ1n) is 8.67. The number of nitrogens with one attached hydrogen (secondary N) is 1. The molecule has 0 aromatic carbocycles. The smallest absolute Gasteiger partial charge is 0.223 e. The van der Waals surface area contributed by atoms with E-state index in [0.717, 1.165) is 50.4 Å². The van der Waals surface area contributed by atoms with Crippen molar-refractivity contribution in [3.63, 3.8) is 0 Å². The van der Waals surface area contributed by atoms with Crippen molar-refractivity contribution in [3.8, 4) is 0 Å². The molecular formula is C18H25N5O. The summed E-state index contributed by atoms with van der Waals surface area (Å²) in [6.07, 6.45) is 5.58. The molecule has 0 bridgehead atoms. The van der Waals surface area contributed by atoms with Crippen LogP contribution in [0.25, 0.3) is 0 Å². The summed E-state index contributed by atoms with van der Waals surface area (Å²) in [6.45, 7) is 6.26. The van der Waals surface area contributed by atoms with Gasteiger partial charge in [-0.3, -0.25) is 19.4 Å². The van der Waals surface area contributed by atoms with Gasteiger partial charge in [0, 0.05) is 31.4 Å². The second-order valence-corrected chi connectivity index (χ2v) is 6.25. The number of likely N-dealkylation sites (tertiary alicyclic amines) is 1. The zero-order valence-corrected chi connectivity index (χ0v) is 14.2. The molecule has 1 fully saturated rings. The molecule has 128 valence electrons. The summed E-state index contributed by atoms with van der Waals surface area (Å²) in [4.78, 5) is 18.9. The zero-order valence-electron chi connectivity index (χ0n) is 14.2. The van der Waals surface area contributed by atoms with Gasteiger partial charge in [-0.2, -0.15) is 5.10 Å². The second kappa shape index (κ2) is 8.06. The van der Waals surface area contributed by atoms with E-state index in [-0.39, 0.29) is 11.8 Å². The lowest BCUT2D eigenvalue weighted by atomic mass is 9.96. The van der Waals surface area contributed by atoms with Crippen molar-refractivity contribution in [1.29, 1.82) is 0 Å². The summed E-state index contributed by atoms with van der Waals surface area (Å²) >= 11 is 0. The van der Waals surface area contributed by atoms with Gasteiger partial charge in [0.1, 0.15) is 0 Å². The number of aromatic nitrogens is 3. The average Bonchev–Trinajstić information content (AvgIpc) is 3.09. The maximum atomic E-state index is 12.3. The standard InChI is InChI=1S/C18H25N5O/c1-2-23-12-8-17(21-23)14-22-10-6-15(7-11-22)18(24)20-13-16-5-3-4-9-19-16/h3-5,8-9,12,15H,2,6-7,10-11,13-14H2,1H3,(H,20,24). The number of hydrogen-bond acceptors (Lipinski definition) is 4. The molecule has 1 aliphatic heterocycles. The Bertz CT molecular complexity index is 646. The number of piperidine rings is 1. The first-order chi connectivity index (χ1) is 11.7. The zero-order chi connectivity index (χ0) is 16.8. The third-order valence-electron chi connectivity index (χ3n) is 4.53. The van der Waals surface area contributed by atoms with Crippen molar-refractivity contribution in [2.75, 3.05) is 13.1 Å². The molecule has 0 aliphatic carbocycles. The number of rotatable bonds is 6. The quantitative estimate of drug-likeness (QED) is 0.879. The maximum absolute atomic E-state index is 12.3. The molecule has 6 heteroatoms. The Morgan fingerprint density at radius 1 is 1.25 bits per heavy atom. The SMILES string of the molecule is CCn1ccc(CN2CCC(C(=O)NCc3ccccn3)CC2)n1. The molecular weight excluding hydrogens is 302 g/mol. The molecule has 3 rings (SSSR count). The van der Waals surface area contributed by atoms with Crippen molar-refractivity contribution >= 4 is 5.91 Å². The van der Waals surface area contributed by atoms with Crippen molar-refractivity contribution in [1.82, 2.24) is 25.0 Å². The van der Waals surface area contributed by atoms with E-state index in [9.17, 15) is 4.79 Å². The number of aryl methyl sites for hydroxylation is 1. The van der Waals surface area contributed by atoms with Gasteiger partial charge < -0.3 is 5.32 Å². The number of carbonyl (C=O) groups excluding carboxylic acids is 1. The fourth-order valence-electron chi connectivity index (χ4n) is 3.07. The lowest BCUT2D eigenvalue weighted by Crippen LogP contribution is -2.40. The van der Waals surface area contributed by atoms with Crippen LogP contribution >= 0.6 is 0 Å². The van der Waals surface area contributed by atoms with Gasteiger partial charge in [0.05, 0.1) is 17.9 Å². The maximum Gasteiger partial charge on any atom is 0.223 e. The minimum Gasteiger partial charge on any atom is -0.350 e. The molecule has 0 radical (unpaired) electrons. The summed E-state index contributed by atoms with van der Waals surface area (Å²) in [5, 5.41) is 7.54. The topological polar surface area (TPSA) is 63.1 Å². The van der Waals surface area contributed by atoms with Crippen LogP contribution in [-0.4, -0.2) is 38.7 Å². The Balaban J connectivity index is 1.42. The molecule has 3 heterocycles. The number of amides is 1. The van der Waals surface area contributed by atoms with E-state index < -0.39 is 0 Å². The molecule has 0 atom stereocenters. The highest BCUT2D eigenvalue weighted by molar-refractivity contribution is 5.78. The van der Waals surface area contributed by atoms with Crippen LogP contribution in [0.4, 0.5) is 0 Å². The van der Waals surface area contributed by atoms with Crippen LogP contribution < -0.4 is 5.32 Å². The van der Waals surface area contributed by atoms with E-state index in [1.165, 1.54) is 0 Å². The largest absolute Gasteiger partial charge is 0.350 e. The van der Waals surface area contributed by atoms with Gasteiger partial charge in [0.25, 0.3) is 0 Å². The number of carbonyl (C=O) groups is 1. The van der Waals surface area contributed by atoms with Gasteiger partial charge >= 0.3 is 0 Å². The van der Waals surface area contributed by atoms with Crippen LogP contribution in [0.3, 0.4) is 0 Å².